The molecule has 0 unspecified atom stereocenters. The lowest BCUT2D eigenvalue weighted by atomic mass is 10.0. The summed E-state index contributed by atoms with van der Waals surface area (Å²) in [5, 5.41) is 3.78. The van der Waals surface area contributed by atoms with E-state index < -0.39 is 6.04 Å². The molecule has 1 heterocycles. The zero-order valence-corrected chi connectivity index (χ0v) is 16.1. The third kappa shape index (κ3) is 3.71. The van der Waals surface area contributed by atoms with Gasteiger partial charge in [0.1, 0.15) is 5.75 Å². The van der Waals surface area contributed by atoms with E-state index in [2.05, 4.69) is 10.3 Å². The summed E-state index contributed by atoms with van der Waals surface area (Å²) in [7, 11) is 1.55. The van der Waals surface area contributed by atoms with Crippen LogP contribution in [0.3, 0.4) is 0 Å². The Bertz CT molecular complexity index is 840. The summed E-state index contributed by atoms with van der Waals surface area (Å²) in [4.78, 5) is 27.6. The van der Waals surface area contributed by atoms with Crippen molar-refractivity contribution in [3.05, 3.63) is 45.2 Å². The van der Waals surface area contributed by atoms with Crippen molar-refractivity contribution in [1.82, 2.24) is 4.98 Å². The Kier molecular flexibility index (Phi) is 5.58. The van der Waals surface area contributed by atoms with E-state index in [9.17, 15) is 9.59 Å². The van der Waals surface area contributed by atoms with E-state index in [1.165, 1.54) is 6.92 Å². The molecule has 1 aromatic carbocycles. The second kappa shape index (κ2) is 7.31. The average molecular weight is 363 g/mol. The predicted molar refractivity (Wildman–Crippen MR) is 100 cm³/mol. The highest BCUT2D eigenvalue weighted by atomic mass is 35.5. The van der Waals surface area contributed by atoms with Gasteiger partial charge in [-0.15, -0.1) is 0 Å². The minimum absolute atomic E-state index is 0.0547. The number of aromatic nitrogens is 1. The number of ether oxygens (including phenoxy) is 1. The number of anilines is 1. The lowest BCUT2D eigenvalue weighted by molar-refractivity contribution is 0.0970. The second-order valence-corrected chi connectivity index (χ2v) is 6.62. The smallest absolute Gasteiger partial charge is 0.201 e. The van der Waals surface area contributed by atoms with Gasteiger partial charge in [0.2, 0.25) is 5.78 Å². The van der Waals surface area contributed by atoms with Crippen molar-refractivity contribution in [3.63, 3.8) is 0 Å². The summed E-state index contributed by atoms with van der Waals surface area (Å²) in [5.74, 6) is 0.391. The molecule has 0 saturated heterocycles. The van der Waals surface area contributed by atoms with E-state index >= 15 is 0 Å². The number of carbonyl (C=O) groups is 2. The molecule has 2 rings (SSSR count). The van der Waals surface area contributed by atoms with E-state index in [1.54, 1.807) is 33.9 Å². The summed E-state index contributed by atoms with van der Waals surface area (Å²) in [6.07, 6.45) is 0. The molecule has 0 aliphatic heterocycles. The number of carbonyl (C=O) groups excluding carboxylic acids is 2. The average Bonchev–Trinajstić information content (AvgIpc) is 2.84. The van der Waals surface area contributed by atoms with Crippen molar-refractivity contribution in [2.24, 2.45) is 0 Å². The number of benzene rings is 1. The van der Waals surface area contributed by atoms with Crippen LogP contribution in [-0.4, -0.2) is 29.7 Å². The van der Waals surface area contributed by atoms with Gasteiger partial charge in [0, 0.05) is 22.3 Å². The first-order chi connectivity index (χ1) is 11.7. The fraction of sp³-hybridized carbons (Fsp3) is 0.368. The molecule has 2 N–H and O–H groups in total. The van der Waals surface area contributed by atoms with Gasteiger partial charge in [0.05, 0.1) is 24.5 Å². The van der Waals surface area contributed by atoms with Crippen molar-refractivity contribution < 1.29 is 14.3 Å². The molecule has 1 atom stereocenters. The number of nitrogens with one attached hydrogen (secondary N) is 2. The standard InChI is InChI=1S/C19H23ClN2O3/c1-9-7-15(16(25-6)8-14(9)20)21-12(4)19(24)18-10(2)17(13(5)23)11(3)22-18/h7-8,12,21-22H,1-6H3/t12-/m0/s1. The van der Waals surface area contributed by atoms with E-state index in [0.717, 1.165) is 5.56 Å². The summed E-state index contributed by atoms with van der Waals surface area (Å²) in [5.41, 5.74) is 4.00. The number of H-pyrrole nitrogens is 1. The molecule has 0 fully saturated rings. The maximum atomic E-state index is 12.8. The molecule has 134 valence electrons. The van der Waals surface area contributed by atoms with Gasteiger partial charge in [-0.25, -0.2) is 0 Å². The lowest BCUT2D eigenvalue weighted by Crippen LogP contribution is -2.27. The van der Waals surface area contributed by atoms with Crippen LogP contribution >= 0.6 is 11.6 Å². The maximum Gasteiger partial charge on any atom is 0.201 e. The van der Waals surface area contributed by atoms with Crippen molar-refractivity contribution in [2.75, 3.05) is 12.4 Å². The molecular weight excluding hydrogens is 340 g/mol. The highest BCUT2D eigenvalue weighted by Gasteiger charge is 2.24. The van der Waals surface area contributed by atoms with Crippen LogP contribution in [0.15, 0.2) is 12.1 Å². The number of ketones is 2. The summed E-state index contributed by atoms with van der Waals surface area (Å²) in [6.45, 7) is 8.74. The number of hydrogen-bond donors (Lipinski definition) is 2. The molecule has 0 amide bonds. The highest BCUT2D eigenvalue weighted by molar-refractivity contribution is 6.31. The Labute approximate surface area is 152 Å². The number of hydrogen-bond acceptors (Lipinski definition) is 4. The highest BCUT2D eigenvalue weighted by Crippen LogP contribution is 2.32. The van der Waals surface area contributed by atoms with Crippen LogP contribution in [0.25, 0.3) is 0 Å². The van der Waals surface area contributed by atoms with Crippen molar-refractivity contribution >= 4 is 28.9 Å². The number of halogens is 1. The normalized spacial score (nSPS) is 12.0. The first-order valence-corrected chi connectivity index (χ1v) is 8.40. The zero-order chi connectivity index (χ0) is 18.9. The van der Waals surface area contributed by atoms with Crippen molar-refractivity contribution in [2.45, 2.75) is 40.7 Å². The Morgan fingerprint density at radius 2 is 1.88 bits per heavy atom. The Morgan fingerprint density at radius 1 is 1.24 bits per heavy atom. The van der Waals surface area contributed by atoms with Gasteiger partial charge in [0.15, 0.2) is 5.78 Å². The Hall–Kier alpha value is -2.27. The maximum absolute atomic E-state index is 12.8. The van der Waals surface area contributed by atoms with Crippen LogP contribution < -0.4 is 10.1 Å². The number of rotatable bonds is 6. The Balaban J connectivity index is 2.32. The Morgan fingerprint density at radius 3 is 2.40 bits per heavy atom. The molecule has 0 saturated carbocycles. The van der Waals surface area contributed by atoms with Crippen LogP contribution in [0.2, 0.25) is 5.02 Å². The largest absolute Gasteiger partial charge is 0.495 e. The van der Waals surface area contributed by atoms with Crippen LogP contribution in [0.4, 0.5) is 5.69 Å². The second-order valence-electron chi connectivity index (χ2n) is 6.21. The third-order valence-electron chi connectivity index (χ3n) is 4.28. The van der Waals surface area contributed by atoms with Gasteiger partial charge in [-0.05, 0) is 51.8 Å². The van der Waals surface area contributed by atoms with E-state index in [-0.39, 0.29) is 11.6 Å². The minimum Gasteiger partial charge on any atom is -0.495 e. The molecule has 0 aliphatic rings. The fourth-order valence-electron chi connectivity index (χ4n) is 2.98. The predicted octanol–water partition coefficient (Wildman–Crippen LogP) is 4.49. The number of methoxy groups -OCH3 is 1. The number of aromatic amines is 1. The van der Waals surface area contributed by atoms with Crippen molar-refractivity contribution in [3.8, 4) is 5.75 Å². The number of aryl methyl sites for hydroxylation is 2. The van der Waals surface area contributed by atoms with Gasteiger partial charge in [0.25, 0.3) is 0 Å². The molecule has 1 aromatic heterocycles. The van der Waals surface area contributed by atoms with Crippen molar-refractivity contribution in [1.29, 1.82) is 0 Å². The quantitative estimate of drug-likeness (QED) is 0.743. The third-order valence-corrected chi connectivity index (χ3v) is 4.69. The SMILES string of the molecule is COc1cc(Cl)c(C)cc1N[C@@H](C)C(=O)c1[nH]c(C)c(C(C)=O)c1C. The van der Waals surface area contributed by atoms with Gasteiger partial charge in [-0.2, -0.15) is 0 Å². The molecule has 0 bridgehead atoms. The molecule has 6 heteroatoms. The minimum atomic E-state index is -0.508. The van der Waals surface area contributed by atoms with Crippen LogP contribution in [0.5, 0.6) is 5.75 Å². The van der Waals surface area contributed by atoms with Crippen LogP contribution in [-0.2, 0) is 0 Å². The zero-order valence-electron chi connectivity index (χ0n) is 15.3. The fourth-order valence-corrected chi connectivity index (χ4v) is 3.14. The summed E-state index contributed by atoms with van der Waals surface area (Å²) in [6, 6.07) is 3.05. The molecular formula is C19H23ClN2O3. The van der Waals surface area contributed by atoms with Gasteiger partial charge < -0.3 is 15.0 Å². The van der Waals surface area contributed by atoms with E-state index in [4.69, 9.17) is 16.3 Å². The molecule has 0 spiro atoms. The molecule has 5 nitrogen and oxygen atoms in total. The molecule has 0 radical (unpaired) electrons. The first kappa shape index (κ1) is 19.1. The molecule has 0 aliphatic carbocycles. The first-order valence-electron chi connectivity index (χ1n) is 8.02. The molecule has 2 aromatic rings. The number of Topliss-reactive ketones (excluding diaryl/α,β-unsaturated/α-hetero) is 2. The van der Waals surface area contributed by atoms with Gasteiger partial charge in [-0.1, -0.05) is 11.6 Å². The topological polar surface area (TPSA) is 71.2 Å². The molecule has 25 heavy (non-hydrogen) atoms. The van der Waals surface area contributed by atoms with Crippen LogP contribution in [0.1, 0.15) is 51.5 Å². The van der Waals surface area contributed by atoms with Crippen LogP contribution in [0, 0.1) is 20.8 Å². The monoisotopic (exact) mass is 362 g/mol. The summed E-state index contributed by atoms with van der Waals surface area (Å²) < 4.78 is 5.34. The van der Waals surface area contributed by atoms with E-state index in [1.807, 2.05) is 13.0 Å². The van der Waals surface area contributed by atoms with E-state index in [0.29, 0.717) is 39.0 Å². The lowest BCUT2D eigenvalue weighted by Gasteiger charge is -2.18. The summed E-state index contributed by atoms with van der Waals surface area (Å²) >= 11 is 6.12. The van der Waals surface area contributed by atoms with Gasteiger partial charge in [-0.3, -0.25) is 9.59 Å². The van der Waals surface area contributed by atoms with Gasteiger partial charge >= 0.3 is 0 Å².